The van der Waals surface area contributed by atoms with Crippen LogP contribution in [0.2, 0.25) is 0 Å². The first kappa shape index (κ1) is 13.4. The van der Waals surface area contributed by atoms with Crippen LogP contribution in [0.5, 0.6) is 5.75 Å². The zero-order valence-corrected chi connectivity index (χ0v) is 11.5. The molecule has 0 heterocycles. The molecule has 3 heteroatoms. The minimum Gasteiger partial charge on any atom is -0.491 e. The number of aliphatic hydroxyl groups is 1. The van der Waals surface area contributed by atoms with Gasteiger partial charge in [0.05, 0.1) is 12.6 Å². The van der Waals surface area contributed by atoms with Gasteiger partial charge in [-0.2, -0.15) is 0 Å². The number of aryl methyl sites for hydroxylation is 2. The largest absolute Gasteiger partial charge is 0.491 e. The Kier molecular flexibility index (Phi) is 4.25. The monoisotopic (exact) mass is 249 g/mol. The van der Waals surface area contributed by atoms with Gasteiger partial charge in [0.2, 0.25) is 0 Å². The zero-order valence-electron chi connectivity index (χ0n) is 11.5. The molecule has 1 aromatic rings. The molecule has 1 fully saturated rings. The van der Waals surface area contributed by atoms with Crippen LogP contribution < -0.4 is 10.1 Å². The predicted molar refractivity (Wildman–Crippen MR) is 73.2 cm³/mol. The van der Waals surface area contributed by atoms with Crippen LogP contribution >= 0.6 is 0 Å². The molecule has 1 aromatic carbocycles. The second-order valence-corrected chi connectivity index (χ2v) is 5.28. The first-order chi connectivity index (χ1) is 8.61. The quantitative estimate of drug-likeness (QED) is 0.811. The van der Waals surface area contributed by atoms with E-state index in [4.69, 9.17) is 4.74 Å². The van der Waals surface area contributed by atoms with E-state index in [2.05, 4.69) is 38.2 Å². The lowest BCUT2D eigenvalue weighted by Gasteiger charge is -2.19. The van der Waals surface area contributed by atoms with Crippen LogP contribution in [0.25, 0.3) is 0 Å². The molecule has 1 unspecified atom stereocenters. The molecule has 0 bridgehead atoms. The van der Waals surface area contributed by atoms with Gasteiger partial charge in [-0.15, -0.1) is 0 Å². The maximum atomic E-state index is 9.33. The minimum absolute atomic E-state index is 0.0387. The topological polar surface area (TPSA) is 41.5 Å². The molecule has 1 atom stereocenters. The van der Waals surface area contributed by atoms with Crippen molar-refractivity contribution in [3.63, 3.8) is 0 Å². The van der Waals surface area contributed by atoms with Crippen LogP contribution in [-0.2, 0) is 0 Å². The van der Waals surface area contributed by atoms with Gasteiger partial charge in [-0.3, -0.25) is 0 Å². The fraction of sp³-hybridized carbons (Fsp3) is 0.600. The number of nitrogens with one attached hydrogen (secondary N) is 1. The van der Waals surface area contributed by atoms with Crippen molar-refractivity contribution >= 4 is 0 Å². The van der Waals surface area contributed by atoms with E-state index in [1.807, 2.05) is 0 Å². The molecule has 0 aromatic heterocycles. The molecule has 0 saturated heterocycles. The van der Waals surface area contributed by atoms with E-state index in [0.717, 1.165) is 11.3 Å². The van der Waals surface area contributed by atoms with Gasteiger partial charge in [0, 0.05) is 6.04 Å². The van der Waals surface area contributed by atoms with Crippen molar-refractivity contribution in [2.24, 2.45) is 0 Å². The fourth-order valence-corrected chi connectivity index (χ4v) is 2.07. The molecular weight excluding hydrogens is 226 g/mol. The summed E-state index contributed by atoms with van der Waals surface area (Å²) in [6.07, 6.45) is 2.44. The first-order valence-electron chi connectivity index (χ1n) is 6.68. The Hall–Kier alpha value is -1.06. The van der Waals surface area contributed by atoms with Crippen LogP contribution in [-0.4, -0.2) is 30.4 Å². The van der Waals surface area contributed by atoms with Crippen LogP contribution in [0.1, 0.15) is 29.5 Å². The molecule has 100 valence electrons. The van der Waals surface area contributed by atoms with E-state index in [-0.39, 0.29) is 12.6 Å². The Morgan fingerprint density at radius 3 is 2.56 bits per heavy atom. The zero-order chi connectivity index (χ0) is 13.1. The van der Waals surface area contributed by atoms with Crippen LogP contribution in [0.4, 0.5) is 0 Å². The van der Waals surface area contributed by atoms with Gasteiger partial charge in [-0.25, -0.2) is 0 Å². The van der Waals surface area contributed by atoms with Gasteiger partial charge in [0.25, 0.3) is 0 Å². The lowest BCUT2D eigenvalue weighted by Crippen LogP contribution is -2.39. The van der Waals surface area contributed by atoms with Crippen molar-refractivity contribution in [2.45, 2.75) is 45.7 Å². The highest BCUT2D eigenvalue weighted by Crippen LogP contribution is 2.26. The fourth-order valence-electron chi connectivity index (χ4n) is 2.07. The summed E-state index contributed by atoms with van der Waals surface area (Å²) in [5, 5.41) is 12.7. The van der Waals surface area contributed by atoms with Crippen molar-refractivity contribution in [3.8, 4) is 5.75 Å². The lowest BCUT2D eigenvalue weighted by molar-refractivity contribution is 0.181. The molecule has 0 aliphatic heterocycles. The Morgan fingerprint density at radius 2 is 1.94 bits per heavy atom. The van der Waals surface area contributed by atoms with E-state index in [9.17, 15) is 5.11 Å². The average Bonchev–Trinajstić information content (AvgIpc) is 3.16. The standard InChI is InChI=1S/C15H23NO2/c1-10-4-5-11(2)15(12(10)3)18-9-14(8-17)16-13-6-7-13/h4-5,13-14,16-17H,6-9H2,1-3H3. The minimum atomic E-state index is 0.0387. The van der Waals surface area contributed by atoms with Gasteiger partial charge in [-0.1, -0.05) is 12.1 Å². The van der Waals surface area contributed by atoms with Crippen molar-refractivity contribution in [1.82, 2.24) is 5.32 Å². The number of benzene rings is 1. The number of hydrogen-bond acceptors (Lipinski definition) is 3. The number of hydrogen-bond donors (Lipinski definition) is 2. The Morgan fingerprint density at radius 1 is 1.28 bits per heavy atom. The van der Waals surface area contributed by atoms with E-state index in [1.165, 1.54) is 24.0 Å². The molecule has 1 aliphatic rings. The molecular formula is C15H23NO2. The maximum absolute atomic E-state index is 9.33. The highest BCUT2D eigenvalue weighted by molar-refractivity contribution is 5.44. The molecule has 1 saturated carbocycles. The van der Waals surface area contributed by atoms with Crippen LogP contribution in [0.3, 0.4) is 0 Å². The summed E-state index contributed by atoms with van der Waals surface area (Å²) in [6.45, 7) is 6.89. The summed E-state index contributed by atoms with van der Waals surface area (Å²) in [7, 11) is 0. The third kappa shape index (κ3) is 3.24. The molecule has 2 N–H and O–H groups in total. The van der Waals surface area contributed by atoms with E-state index < -0.39 is 0 Å². The van der Waals surface area contributed by atoms with E-state index >= 15 is 0 Å². The van der Waals surface area contributed by atoms with Crippen molar-refractivity contribution in [1.29, 1.82) is 0 Å². The Balaban J connectivity index is 1.97. The molecule has 0 spiro atoms. The van der Waals surface area contributed by atoms with E-state index in [1.54, 1.807) is 0 Å². The summed E-state index contributed by atoms with van der Waals surface area (Å²) in [5.41, 5.74) is 3.59. The SMILES string of the molecule is Cc1ccc(C)c(OCC(CO)NC2CC2)c1C. The number of aliphatic hydroxyl groups excluding tert-OH is 1. The second-order valence-electron chi connectivity index (χ2n) is 5.28. The summed E-state index contributed by atoms with van der Waals surface area (Å²) in [4.78, 5) is 0. The Bertz CT molecular complexity index is 413. The average molecular weight is 249 g/mol. The second kappa shape index (κ2) is 5.72. The first-order valence-corrected chi connectivity index (χ1v) is 6.68. The molecule has 0 amide bonds. The molecule has 18 heavy (non-hydrogen) atoms. The van der Waals surface area contributed by atoms with Gasteiger partial charge >= 0.3 is 0 Å². The van der Waals surface area contributed by atoms with Crippen molar-refractivity contribution in [2.75, 3.05) is 13.2 Å². The van der Waals surface area contributed by atoms with E-state index in [0.29, 0.717) is 12.6 Å². The normalized spacial score (nSPS) is 16.7. The number of rotatable bonds is 6. The van der Waals surface area contributed by atoms with Gasteiger partial charge in [-0.05, 0) is 50.3 Å². The predicted octanol–water partition coefficient (Wildman–Crippen LogP) is 2.10. The summed E-state index contributed by atoms with van der Waals surface area (Å²) < 4.78 is 5.91. The van der Waals surface area contributed by atoms with Crippen molar-refractivity contribution < 1.29 is 9.84 Å². The highest BCUT2D eigenvalue weighted by Gasteiger charge is 2.24. The third-order valence-electron chi connectivity index (χ3n) is 3.57. The Labute approximate surface area is 109 Å². The molecule has 3 nitrogen and oxygen atoms in total. The summed E-state index contributed by atoms with van der Waals surface area (Å²) in [6, 6.07) is 4.82. The summed E-state index contributed by atoms with van der Waals surface area (Å²) in [5.74, 6) is 0.964. The molecule has 2 rings (SSSR count). The van der Waals surface area contributed by atoms with Gasteiger partial charge < -0.3 is 15.2 Å². The summed E-state index contributed by atoms with van der Waals surface area (Å²) >= 11 is 0. The number of ether oxygens (including phenoxy) is 1. The van der Waals surface area contributed by atoms with Gasteiger partial charge in [0.1, 0.15) is 12.4 Å². The van der Waals surface area contributed by atoms with Gasteiger partial charge in [0.15, 0.2) is 0 Å². The molecule has 0 radical (unpaired) electrons. The molecule has 1 aliphatic carbocycles. The lowest BCUT2D eigenvalue weighted by atomic mass is 10.1. The third-order valence-corrected chi connectivity index (χ3v) is 3.57. The van der Waals surface area contributed by atoms with Crippen LogP contribution in [0.15, 0.2) is 12.1 Å². The van der Waals surface area contributed by atoms with Crippen molar-refractivity contribution in [3.05, 3.63) is 28.8 Å². The highest BCUT2D eigenvalue weighted by atomic mass is 16.5. The smallest absolute Gasteiger partial charge is 0.125 e. The van der Waals surface area contributed by atoms with Crippen LogP contribution in [0, 0.1) is 20.8 Å². The maximum Gasteiger partial charge on any atom is 0.125 e.